The van der Waals surface area contributed by atoms with Crippen molar-refractivity contribution in [2.45, 2.75) is 64.2 Å². The van der Waals surface area contributed by atoms with Crippen molar-refractivity contribution < 1.29 is 25.2 Å². The van der Waals surface area contributed by atoms with Crippen LogP contribution in [0.3, 0.4) is 0 Å². The topological polar surface area (TPSA) is 98.0 Å². The Kier molecular flexibility index (Phi) is 4.26. The molecule has 0 amide bonds. The lowest BCUT2D eigenvalue weighted by atomic mass is 9.49. The molecule has 0 spiro atoms. The molecular formula is C20H28O5. The molecular weight excluding hydrogens is 320 g/mol. The van der Waals surface area contributed by atoms with Crippen molar-refractivity contribution in [2.75, 3.05) is 6.61 Å². The monoisotopic (exact) mass is 348 g/mol. The predicted octanol–water partition coefficient (Wildman–Crippen LogP) is 3.29. The van der Waals surface area contributed by atoms with Gasteiger partial charge in [0.1, 0.15) is 5.41 Å². The number of rotatable bonds is 3. The Morgan fingerprint density at radius 1 is 1.28 bits per heavy atom. The van der Waals surface area contributed by atoms with Gasteiger partial charge in [-0.3, -0.25) is 4.79 Å². The lowest BCUT2D eigenvalue weighted by Gasteiger charge is -2.54. The number of aryl methyl sites for hydroxylation is 1. The first-order chi connectivity index (χ1) is 11.7. The third kappa shape index (κ3) is 2.35. The number of aliphatic hydroxyl groups is 1. The first-order valence-corrected chi connectivity index (χ1v) is 9.11. The fourth-order valence-electron chi connectivity index (χ4n) is 5.33. The highest BCUT2D eigenvalue weighted by Gasteiger charge is 2.59. The fraction of sp³-hybridized carbons (Fsp3) is 0.650. The summed E-state index contributed by atoms with van der Waals surface area (Å²) in [6, 6.07) is 1.86. The number of carboxylic acid groups (broad SMARTS) is 1. The number of aromatic hydroxyl groups is 2. The highest BCUT2D eigenvalue weighted by Crippen LogP contribution is 2.60. The number of carbonyl (C=O) groups is 1. The second-order valence-electron chi connectivity index (χ2n) is 8.39. The molecule has 2 aliphatic carbocycles. The molecule has 0 bridgehead atoms. The molecule has 1 fully saturated rings. The zero-order valence-corrected chi connectivity index (χ0v) is 15.2. The van der Waals surface area contributed by atoms with Crippen LogP contribution in [0.1, 0.15) is 69.1 Å². The molecule has 2 aliphatic rings. The van der Waals surface area contributed by atoms with Gasteiger partial charge in [0.15, 0.2) is 11.5 Å². The molecule has 5 nitrogen and oxygen atoms in total. The number of hydrogen-bond acceptors (Lipinski definition) is 4. The van der Waals surface area contributed by atoms with Gasteiger partial charge in [-0.1, -0.05) is 33.3 Å². The van der Waals surface area contributed by atoms with Gasteiger partial charge in [0.25, 0.3) is 0 Å². The van der Waals surface area contributed by atoms with Gasteiger partial charge >= 0.3 is 5.97 Å². The van der Waals surface area contributed by atoms with Gasteiger partial charge < -0.3 is 20.4 Å². The van der Waals surface area contributed by atoms with E-state index in [1.807, 2.05) is 26.8 Å². The number of fused-ring (bicyclic) bond motifs is 3. The van der Waals surface area contributed by atoms with Crippen molar-refractivity contribution in [3.63, 3.8) is 0 Å². The maximum absolute atomic E-state index is 12.5. The van der Waals surface area contributed by atoms with Crippen molar-refractivity contribution in [3.05, 3.63) is 22.8 Å². The van der Waals surface area contributed by atoms with E-state index in [0.29, 0.717) is 36.8 Å². The quantitative estimate of drug-likeness (QED) is 0.628. The van der Waals surface area contributed by atoms with Crippen LogP contribution in [0.4, 0.5) is 0 Å². The van der Waals surface area contributed by atoms with Crippen LogP contribution in [0.25, 0.3) is 0 Å². The number of phenols is 2. The molecule has 0 heterocycles. The molecule has 5 heteroatoms. The van der Waals surface area contributed by atoms with E-state index in [-0.39, 0.29) is 29.9 Å². The van der Waals surface area contributed by atoms with Crippen LogP contribution in [0.5, 0.6) is 11.5 Å². The Hall–Kier alpha value is -1.75. The molecule has 138 valence electrons. The second-order valence-corrected chi connectivity index (χ2v) is 8.39. The summed E-state index contributed by atoms with van der Waals surface area (Å²) in [7, 11) is 0. The summed E-state index contributed by atoms with van der Waals surface area (Å²) in [5.74, 6) is -1.69. The normalized spacial score (nSPS) is 31.5. The number of aliphatic hydroxyl groups excluding tert-OH is 1. The van der Waals surface area contributed by atoms with Gasteiger partial charge in [0.2, 0.25) is 0 Å². The molecule has 0 aromatic heterocycles. The summed E-state index contributed by atoms with van der Waals surface area (Å²) < 4.78 is 0. The maximum atomic E-state index is 12.5. The van der Waals surface area contributed by atoms with Gasteiger partial charge in [0, 0.05) is 17.7 Å². The first kappa shape index (κ1) is 18.1. The minimum Gasteiger partial charge on any atom is -0.504 e. The standard InChI is InChI=1S/C20H28O5/c1-11(2)13-9-12-5-6-14-19(3,10-21)7-4-8-20(14,18(24)25)15(12)17(23)16(13)22/h9,11,14,21-23H,4-8,10H2,1-3H3,(H,24,25)/t14?,19?,20-/m1/s1. The van der Waals surface area contributed by atoms with Gasteiger partial charge in [-0.25, -0.2) is 0 Å². The highest BCUT2D eigenvalue weighted by atomic mass is 16.4. The van der Waals surface area contributed by atoms with Gasteiger partial charge in [-0.2, -0.15) is 0 Å². The molecule has 1 aromatic rings. The van der Waals surface area contributed by atoms with E-state index >= 15 is 0 Å². The number of carboxylic acids is 1. The molecule has 1 saturated carbocycles. The van der Waals surface area contributed by atoms with E-state index in [4.69, 9.17) is 0 Å². The van der Waals surface area contributed by atoms with Gasteiger partial charge in [-0.15, -0.1) is 0 Å². The number of phenolic OH excluding ortho intramolecular Hbond substituents is 2. The molecule has 0 saturated heterocycles. The second kappa shape index (κ2) is 5.90. The van der Waals surface area contributed by atoms with Gasteiger partial charge in [-0.05, 0) is 48.5 Å². The Balaban J connectivity index is 2.30. The van der Waals surface area contributed by atoms with E-state index in [1.54, 1.807) is 0 Å². The summed E-state index contributed by atoms with van der Waals surface area (Å²) in [4.78, 5) is 12.5. The van der Waals surface area contributed by atoms with Crippen LogP contribution in [0.2, 0.25) is 0 Å². The smallest absolute Gasteiger partial charge is 0.314 e. The maximum Gasteiger partial charge on any atom is 0.314 e. The van der Waals surface area contributed by atoms with Gasteiger partial charge in [0.05, 0.1) is 0 Å². The third-order valence-electron chi connectivity index (χ3n) is 6.65. The fourth-order valence-corrected chi connectivity index (χ4v) is 5.33. The summed E-state index contributed by atoms with van der Waals surface area (Å²) in [6.45, 7) is 5.74. The molecule has 4 N–H and O–H groups in total. The summed E-state index contributed by atoms with van der Waals surface area (Å²) in [6.07, 6.45) is 3.18. The average molecular weight is 348 g/mol. The molecule has 0 aliphatic heterocycles. The predicted molar refractivity (Wildman–Crippen MR) is 94.0 cm³/mol. The SMILES string of the molecule is CC(C)c1cc2c(c(O)c1O)[C@@]1(C(=O)O)CCCC(C)(CO)C1CC2. The largest absolute Gasteiger partial charge is 0.504 e. The molecule has 3 atom stereocenters. The van der Waals surface area contributed by atoms with Crippen LogP contribution in [-0.2, 0) is 16.6 Å². The van der Waals surface area contributed by atoms with Crippen molar-refractivity contribution in [2.24, 2.45) is 11.3 Å². The van der Waals surface area contributed by atoms with Crippen LogP contribution < -0.4 is 0 Å². The Morgan fingerprint density at radius 3 is 2.52 bits per heavy atom. The number of hydrogen-bond donors (Lipinski definition) is 4. The summed E-state index contributed by atoms with van der Waals surface area (Å²) >= 11 is 0. The van der Waals surface area contributed by atoms with E-state index in [9.17, 15) is 25.2 Å². The Labute approximate surface area is 148 Å². The van der Waals surface area contributed by atoms with E-state index in [2.05, 4.69) is 0 Å². The summed E-state index contributed by atoms with van der Waals surface area (Å²) in [5, 5.41) is 41.5. The van der Waals surface area contributed by atoms with E-state index in [0.717, 1.165) is 12.0 Å². The van der Waals surface area contributed by atoms with Crippen LogP contribution in [0, 0.1) is 11.3 Å². The summed E-state index contributed by atoms with van der Waals surface area (Å²) in [5.41, 5.74) is 0.0985. The minimum absolute atomic E-state index is 0.0313. The lowest BCUT2D eigenvalue weighted by Crippen LogP contribution is -2.56. The molecule has 1 aromatic carbocycles. The zero-order valence-electron chi connectivity index (χ0n) is 15.2. The number of aliphatic carboxylic acids is 1. The highest BCUT2D eigenvalue weighted by molar-refractivity contribution is 5.85. The van der Waals surface area contributed by atoms with Crippen molar-refractivity contribution in [1.29, 1.82) is 0 Å². The van der Waals surface area contributed by atoms with Crippen LogP contribution in [0.15, 0.2) is 6.07 Å². The molecule has 3 rings (SSSR count). The van der Waals surface area contributed by atoms with E-state index in [1.165, 1.54) is 0 Å². The molecule has 2 unspecified atom stereocenters. The van der Waals surface area contributed by atoms with Crippen LogP contribution in [-0.4, -0.2) is 33.0 Å². The molecule has 0 radical (unpaired) electrons. The minimum atomic E-state index is -1.25. The third-order valence-corrected chi connectivity index (χ3v) is 6.65. The Morgan fingerprint density at radius 2 is 1.96 bits per heavy atom. The van der Waals surface area contributed by atoms with Crippen molar-refractivity contribution in [3.8, 4) is 11.5 Å². The first-order valence-electron chi connectivity index (χ1n) is 9.11. The van der Waals surface area contributed by atoms with Crippen molar-refractivity contribution in [1.82, 2.24) is 0 Å². The van der Waals surface area contributed by atoms with Crippen molar-refractivity contribution >= 4 is 5.97 Å². The average Bonchev–Trinajstić information content (AvgIpc) is 2.57. The lowest BCUT2D eigenvalue weighted by molar-refractivity contribution is -0.154. The number of benzene rings is 1. The molecule has 25 heavy (non-hydrogen) atoms. The van der Waals surface area contributed by atoms with Crippen LogP contribution >= 0.6 is 0 Å². The Bertz CT molecular complexity index is 711. The van der Waals surface area contributed by atoms with E-state index < -0.39 is 16.8 Å². The zero-order chi connectivity index (χ0) is 18.6.